The first-order valence-corrected chi connectivity index (χ1v) is 7.11. The lowest BCUT2D eigenvalue weighted by molar-refractivity contribution is 0.0697. The number of aromatic carboxylic acids is 1. The molecule has 116 valence electrons. The van der Waals surface area contributed by atoms with Crippen LogP contribution >= 0.6 is 0 Å². The van der Waals surface area contributed by atoms with Crippen LogP contribution in [0.4, 0.5) is 0 Å². The van der Waals surface area contributed by atoms with Gasteiger partial charge in [-0.2, -0.15) is 5.26 Å². The van der Waals surface area contributed by atoms with Gasteiger partial charge in [0, 0.05) is 0 Å². The molecule has 6 nitrogen and oxygen atoms in total. The Hall–Kier alpha value is -3.72. The van der Waals surface area contributed by atoms with Gasteiger partial charge >= 0.3 is 5.97 Å². The zero-order valence-electron chi connectivity index (χ0n) is 12.5. The summed E-state index contributed by atoms with van der Waals surface area (Å²) in [7, 11) is 0. The van der Waals surface area contributed by atoms with Crippen LogP contribution in [-0.4, -0.2) is 26.1 Å². The van der Waals surface area contributed by atoms with Gasteiger partial charge in [-0.05, 0) is 35.9 Å². The van der Waals surface area contributed by atoms with Crippen LogP contribution < -0.4 is 0 Å². The number of carboxylic acid groups (broad SMARTS) is 1. The first-order chi connectivity index (χ1) is 11.7. The van der Waals surface area contributed by atoms with Crippen molar-refractivity contribution in [3.05, 3.63) is 77.1 Å². The molecule has 3 aromatic rings. The monoisotopic (exact) mass is 316 g/mol. The summed E-state index contributed by atoms with van der Waals surface area (Å²) in [5.41, 5.74) is 2.52. The van der Waals surface area contributed by atoms with Gasteiger partial charge in [0.05, 0.1) is 11.3 Å². The standard InChI is InChI=1S/C18H12N4O2/c19-12-16-17(11-6-13-4-2-1-3-5-13)22(21-20-16)15-9-7-14(8-10-15)18(23)24/h1-11H,(H,23,24)/b11-6+. The van der Waals surface area contributed by atoms with Gasteiger partial charge in [0.2, 0.25) is 0 Å². The largest absolute Gasteiger partial charge is 0.478 e. The van der Waals surface area contributed by atoms with E-state index in [0.717, 1.165) is 5.56 Å². The van der Waals surface area contributed by atoms with Crippen molar-refractivity contribution in [2.75, 3.05) is 0 Å². The van der Waals surface area contributed by atoms with Crippen LogP contribution in [-0.2, 0) is 0 Å². The molecule has 0 fully saturated rings. The van der Waals surface area contributed by atoms with Gasteiger partial charge in [-0.3, -0.25) is 0 Å². The molecular weight excluding hydrogens is 304 g/mol. The highest BCUT2D eigenvalue weighted by Gasteiger charge is 2.12. The molecule has 0 aliphatic rings. The number of aromatic nitrogens is 3. The molecule has 1 aromatic heterocycles. The highest BCUT2D eigenvalue weighted by atomic mass is 16.4. The average Bonchev–Trinajstić information content (AvgIpc) is 3.03. The summed E-state index contributed by atoms with van der Waals surface area (Å²) in [6.07, 6.45) is 3.63. The second kappa shape index (κ2) is 6.58. The van der Waals surface area contributed by atoms with Crippen molar-refractivity contribution in [1.82, 2.24) is 15.0 Å². The minimum atomic E-state index is -0.998. The molecule has 0 aliphatic carbocycles. The summed E-state index contributed by atoms with van der Waals surface area (Å²) in [6, 6.07) is 17.9. The van der Waals surface area contributed by atoms with Crippen molar-refractivity contribution in [2.24, 2.45) is 0 Å². The highest BCUT2D eigenvalue weighted by Crippen LogP contribution is 2.16. The topological polar surface area (TPSA) is 91.8 Å². The number of hydrogen-bond donors (Lipinski definition) is 1. The van der Waals surface area contributed by atoms with E-state index < -0.39 is 5.97 Å². The smallest absolute Gasteiger partial charge is 0.335 e. The van der Waals surface area contributed by atoms with E-state index in [4.69, 9.17) is 5.11 Å². The van der Waals surface area contributed by atoms with E-state index in [2.05, 4.69) is 10.3 Å². The fourth-order valence-electron chi connectivity index (χ4n) is 2.19. The molecule has 2 aromatic carbocycles. The fraction of sp³-hybridized carbons (Fsp3) is 0. The van der Waals surface area contributed by atoms with Gasteiger partial charge < -0.3 is 5.11 Å². The molecule has 1 N–H and O–H groups in total. The summed E-state index contributed by atoms with van der Waals surface area (Å²) < 4.78 is 1.50. The van der Waals surface area contributed by atoms with Crippen molar-refractivity contribution in [2.45, 2.75) is 0 Å². The molecule has 0 unspecified atom stereocenters. The molecule has 3 rings (SSSR count). The van der Waals surface area contributed by atoms with Gasteiger partial charge in [0.25, 0.3) is 0 Å². The van der Waals surface area contributed by atoms with Crippen molar-refractivity contribution in [3.63, 3.8) is 0 Å². The quantitative estimate of drug-likeness (QED) is 0.798. The number of rotatable bonds is 4. The minimum absolute atomic E-state index is 0.181. The van der Waals surface area contributed by atoms with E-state index in [0.29, 0.717) is 11.4 Å². The van der Waals surface area contributed by atoms with Crippen LogP contribution in [0.25, 0.3) is 17.8 Å². The van der Waals surface area contributed by atoms with E-state index in [9.17, 15) is 10.1 Å². The second-order valence-electron chi connectivity index (χ2n) is 4.94. The molecule has 0 amide bonds. The second-order valence-corrected chi connectivity index (χ2v) is 4.94. The van der Waals surface area contributed by atoms with E-state index >= 15 is 0 Å². The predicted octanol–water partition coefficient (Wildman–Crippen LogP) is 3.01. The third-order valence-corrected chi connectivity index (χ3v) is 3.40. The van der Waals surface area contributed by atoms with Gasteiger partial charge in [-0.25, -0.2) is 9.48 Å². The number of carbonyl (C=O) groups is 1. The Labute approximate surface area is 137 Å². The number of carboxylic acids is 1. The number of hydrogen-bond acceptors (Lipinski definition) is 4. The van der Waals surface area contributed by atoms with E-state index in [1.165, 1.54) is 16.8 Å². The maximum Gasteiger partial charge on any atom is 0.335 e. The predicted molar refractivity (Wildman–Crippen MR) is 88.4 cm³/mol. The SMILES string of the molecule is N#Cc1nnn(-c2ccc(C(=O)O)cc2)c1/C=C/c1ccccc1. The third kappa shape index (κ3) is 3.05. The van der Waals surface area contributed by atoms with E-state index in [-0.39, 0.29) is 11.3 Å². The third-order valence-electron chi connectivity index (χ3n) is 3.40. The lowest BCUT2D eigenvalue weighted by atomic mass is 10.2. The Balaban J connectivity index is 2.00. The summed E-state index contributed by atoms with van der Waals surface area (Å²) in [4.78, 5) is 10.9. The van der Waals surface area contributed by atoms with Gasteiger partial charge in [-0.1, -0.05) is 41.6 Å². The van der Waals surface area contributed by atoms with Gasteiger partial charge in [0.1, 0.15) is 11.8 Å². The first-order valence-electron chi connectivity index (χ1n) is 7.11. The molecule has 0 aliphatic heterocycles. The Morgan fingerprint density at radius 3 is 2.42 bits per heavy atom. The Bertz CT molecular complexity index is 935. The van der Waals surface area contributed by atoms with Crippen LogP contribution in [0.1, 0.15) is 27.3 Å². The zero-order valence-corrected chi connectivity index (χ0v) is 12.5. The van der Waals surface area contributed by atoms with Crippen LogP contribution in [0.3, 0.4) is 0 Å². The molecule has 0 radical (unpaired) electrons. The van der Waals surface area contributed by atoms with Gasteiger partial charge in [-0.15, -0.1) is 5.10 Å². The molecule has 24 heavy (non-hydrogen) atoms. The van der Waals surface area contributed by atoms with Crippen LogP contribution in [0.5, 0.6) is 0 Å². The molecule has 0 saturated heterocycles. The molecular formula is C18H12N4O2. The summed E-state index contributed by atoms with van der Waals surface area (Å²) in [6.45, 7) is 0. The normalized spacial score (nSPS) is 10.6. The average molecular weight is 316 g/mol. The Morgan fingerprint density at radius 2 is 1.79 bits per heavy atom. The number of nitrogens with zero attached hydrogens (tertiary/aromatic N) is 4. The minimum Gasteiger partial charge on any atom is -0.478 e. The van der Waals surface area contributed by atoms with Crippen LogP contribution in [0.15, 0.2) is 54.6 Å². The van der Waals surface area contributed by atoms with Gasteiger partial charge in [0.15, 0.2) is 5.69 Å². The molecule has 1 heterocycles. The molecule has 0 atom stereocenters. The molecule has 0 saturated carbocycles. The number of nitriles is 1. The van der Waals surface area contributed by atoms with E-state index in [1.807, 2.05) is 42.5 Å². The maximum absolute atomic E-state index is 10.9. The highest BCUT2D eigenvalue weighted by molar-refractivity contribution is 5.87. The molecule has 0 bridgehead atoms. The van der Waals surface area contributed by atoms with Crippen molar-refractivity contribution in [3.8, 4) is 11.8 Å². The first kappa shape index (κ1) is 15.2. The zero-order chi connectivity index (χ0) is 16.9. The van der Waals surface area contributed by atoms with Crippen LogP contribution in [0, 0.1) is 11.3 Å². The summed E-state index contributed by atoms with van der Waals surface area (Å²) in [5.74, 6) is -0.998. The summed E-state index contributed by atoms with van der Waals surface area (Å²) >= 11 is 0. The lowest BCUT2D eigenvalue weighted by Crippen LogP contribution is -2.01. The fourth-order valence-corrected chi connectivity index (χ4v) is 2.19. The molecule has 6 heteroatoms. The summed E-state index contributed by atoms with van der Waals surface area (Å²) in [5, 5.41) is 26.0. The van der Waals surface area contributed by atoms with Crippen molar-refractivity contribution < 1.29 is 9.90 Å². The number of benzene rings is 2. The molecule has 0 spiro atoms. The Morgan fingerprint density at radius 1 is 1.08 bits per heavy atom. The lowest BCUT2D eigenvalue weighted by Gasteiger charge is -2.04. The van der Waals surface area contributed by atoms with Crippen molar-refractivity contribution in [1.29, 1.82) is 5.26 Å². The van der Waals surface area contributed by atoms with Crippen molar-refractivity contribution >= 4 is 18.1 Å². The van der Waals surface area contributed by atoms with E-state index in [1.54, 1.807) is 18.2 Å². The van der Waals surface area contributed by atoms with Crippen LogP contribution in [0.2, 0.25) is 0 Å². The maximum atomic E-state index is 10.9. The Kier molecular flexibility index (Phi) is 4.17.